The molecule has 2 aromatic rings. The number of anilines is 1. The molecule has 0 heterocycles. The first-order valence-electron chi connectivity index (χ1n) is 6.49. The number of ether oxygens (including phenoxy) is 1. The molecule has 3 N–H and O–H groups in total. The van der Waals surface area contributed by atoms with Crippen molar-refractivity contribution < 1.29 is 13.2 Å². The Hall–Kier alpha value is -2.05. The van der Waals surface area contributed by atoms with Crippen molar-refractivity contribution in [2.45, 2.75) is 11.3 Å². The number of nitrogens with two attached hydrogens (primary N) is 1. The maximum absolute atomic E-state index is 11.4. The van der Waals surface area contributed by atoms with Gasteiger partial charge in [-0.15, -0.1) is 0 Å². The molecule has 0 aromatic heterocycles. The molecule has 0 aliphatic rings. The van der Waals surface area contributed by atoms with Crippen molar-refractivity contribution in [2.75, 3.05) is 19.0 Å². The van der Waals surface area contributed by atoms with Crippen molar-refractivity contribution in [3.63, 3.8) is 0 Å². The van der Waals surface area contributed by atoms with Crippen LogP contribution >= 0.6 is 0 Å². The second-order valence-electron chi connectivity index (χ2n) is 4.57. The minimum atomic E-state index is -3.72. The summed E-state index contributed by atoms with van der Waals surface area (Å²) in [7, 11) is -2.19. The molecule has 2 rings (SSSR count). The predicted molar refractivity (Wildman–Crippen MR) is 83.0 cm³/mol. The van der Waals surface area contributed by atoms with E-state index in [2.05, 4.69) is 5.32 Å². The van der Waals surface area contributed by atoms with E-state index in [0.29, 0.717) is 18.0 Å². The number of nitrogens with one attached hydrogen (secondary N) is 1. The van der Waals surface area contributed by atoms with Crippen LogP contribution in [0, 0.1) is 0 Å². The summed E-state index contributed by atoms with van der Waals surface area (Å²) in [5, 5.41) is 8.32. The van der Waals surface area contributed by atoms with Gasteiger partial charge in [0.25, 0.3) is 0 Å². The topological polar surface area (TPSA) is 81.4 Å². The standard InChI is InChI=1S/C15H18N2O3S/c1-20-15-8-7-13(21(16,18)19)11-14(15)17-10-9-12-5-3-2-4-6-12/h2-8,11,17H,9-10H2,1H3,(H2,16,18,19). The van der Waals surface area contributed by atoms with Gasteiger partial charge in [-0.2, -0.15) is 0 Å². The van der Waals surface area contributed by atoms with Crippen LogP contribution in [0.25, 0.3) is 0 Å². The maximum atomic E-state index is 11.4. The van der Waals surface area contributed by atoms with Crippen molar-refractivity contribution in [1.29, 1.82) is 0 Å². The molecule has 112 valence electrons. The molecular weight excluding hydrogens is 288 g/mol. The first-order chi connectivity index (χ1) is 10.0. The average molecular weight is 306 g/mol. The minimum absolute atomic E-state index is 0.0607. The lowest BCUT2D eigenvalue weighted by atomic mass is 10.1. The van der Waals surface area contributed by atoms with Gasteiger partial charge in [-0.1, -0.05) is 30.3 Å². The van der Waals surface area contributed by atoms with E-state index >= 15 is 0 Å². The zero-order valence-corrected chi connectivity index (χ0v) is 12.6. The Bertz CT molecular complexity index is 700. The number of methoxy groups -OCH3 is 1. The van der Waals surface area contributed by atoms with Gasteiger partial charge in [0, 0.05) is 6.54 Å². The largest absolute Gasteiger partial charge is 0.495 e. The van der Waals surface area contributed by atoms with Crippen LogP contribution in [0.5, 0.6) is 5.75 Å². The van der Waals surface area contributed by atoms with E-state index < -0.39 is 10.0 Å². The quantitative estimate of drug-likeness (QED) is 0.855. The van der Waals surface area contributed by atoms with Crippen molar-refractivity contribution >= 4 is 15.7 Å². The summed E-state index contributed by atoms with van der Waals surface area (Å²) in [5.74, 6) is 0.579. The van der Waals surface area contributed by atoms with E-state index in [-0.39, 0.29) is 4.90 Å². The molecule has 0 bridgehead atoms. The summed E-state index contributed by atoms with van der Waals surface area (Å²) in [6, 6.07) is 14.5. The summed E-state index contributed by atoms with van der Waals surface area (Å²) in [6.45, 7) is 0.661. The van der Waals surface area contributed by atoms with E-state index in [1.165, 1.54) is 24.8 Å². The van der Waals surface area contributed by atoms with Gasteiger partial charge in [0.15, 0.2) is 0 Å². The third-order valence-electron chi connectivity index (χ3n) is 3.07. The number of hydrogen-bond acceptors (Lipinski definition) is 4. The van der Waals surface area contributed by atoms with Crippen molar-refractivity contribution in [3.05, 3.63) is 54.1 Å². The van der Waals surface area contributed by atoms with E-state index in [4.69, 9.17) is 9.88 Å². The summed E-state index contributed by atoms with van der Waals surface area (Å²) in [6.07, 6.45) is 0.823. The Labute approximate surface area is 124 Å². The number of benzene rings is 2. The minimum Gasteiger partial charge on any atom is -0.495 e. The van der Waals surface area contributed by atoms with Gasteiger partial charge in [-0.3, -0.25) is 0 Å². The Balaban J connectivity index is 2.11. The Morgan fingerprint density at radius 2 is 1.86 bits per heavy atom. The molecule has 0 aliphatic carbocycles. The van der Waals surface area contributed by atoms with Crippen molar-refractivity contribution in [1.82, 2.24) is 0 Å². The van der Waals surface area contributed by atoms with Gasteiger partial charge in [0.1, 0.15) is 5.75 Å². The molecule has 5 nitrogen and oxygen atoms in total. The van der Waals surface area contributed by atoms with Crippen LogP contribution in [-0.2, 0) is 16.4 Å². The highest BCUT2D eigenvalue weighted by molar-refractivity contribution is 7.89. The summed E-state index contributed by atoms with van der Waals surface area (Å²) >= 11 is 0. The monoisotopic (exact) mass is 306 g/mol. The first kappa shape index (κ1) is 15.3. The predicted octanol–water partition coefficient (Wildman–Crippen LogP) is 2.00. The summed E-state index contributed by atoms with van der Waals surface area (Å²) < 4.78 is 28.0. The second kappa shape index (κ2) is 6.60. The van der Waals surface area contributed by atoms with Gasteiger partial charge in [0.05, 0.1) is 17.7 Å². The maximum Gasteiger partial charge on any atom is 0.238 e. The molecule has 6 heteroatoms. The SMILES string of the molecule is COc1ccc(S(N)(=O)=O)cc1NCCc1ccccc1. The van der Waals surface area contributed by atoms with Crippen LogP contribution in [0.3, 0.4) is 0 Å². The Morgan fingerprint density at radius 3 is 2.48 bits per heavy atom. The van der Waals surface area contributed by atoms with Crippen LogP contribution in [0.2, 0.25) is 0 Å². The van der Waals surface area contributed by atoms with Gasteiger partial charge in [-0.05, 0) is 30.2 Å². The highest BCUT2D eigenvalue weighted by Gasteiger charge is 2.11. The van der Waals surface area contributed by atoms with Crippen LogP contribution < -0.4 is 15.2 Å². The fourth-order valence-corrected chi connectivity index (χ4v) is 2.53. The third-order valence-corrected chi connectivity index (χ3v) is 3.98. The number of rotatable bonds is 6. The van der Waals surface area contributed by atoms with Crippen molar-refractivity contribution in [2.24, 2.45) is 5.14 Å². The molecule has 0 aliphatic heterocycles. The second-order valence-corrected chi connectivity index (χ2v) is 6.13. The van der Waals surface area contributed by atoms with Gasteiger partial charge in [-0.25, -0.2) is 13.6 Å². The smallest absolute Gasteiger partial charge is 0.238 e. The molecule has 0 unspecified atom stereocenters. The van der Waals surface area contributed by atoms with E-state index in [9.17, 15) is 8.42 Å². The number of hydrogen-bond donors (Lipinski definition) is 2. The van der Waals surface area contributed by atoms with Crippen LogP contribution in [-0.4, -0.2) is 22.1 Å². The molecular formula is C15H18N2O3S. The Kier molecular flexibility index (Phi) is 4.82. The summed E-state index contributed by atoms with van der Waals surface area (Å²) in [4.78, 5) is 0.0607. The average Bonchev–Trinajstić information content (AvgIpc) is 2.47. The fourth-order valence-electron chi connectivity index (χ4n) is 1.99. The zero-order chi connectivity index (χ0) is 15.3. The molecule has 21 heavy (non-hydrogen) atoms. The first-order valence-corrected chi connectivity index (χ1v) is 8.04. The van der Waals surface area contributed by atoms with Gasteiger partial charge >= 0.3 is 0 Å². The fraction of sp³-hybridized carbons (Fsp3) is 0.200. The summed E-state index contributed by atoms with van der Waals surface area (Å²) in [5.41, 5.74) is 1.81. The van der Waals surface area contributed by atoms with Crippen LogP contribution in [0.15, 0.2) is 53.4 Å². The highest BCUT2D eigenvalue weighted by atomic mass is 32.2. The highest BCUT2D eigenvalue weighted by Crippen LogP contribution is 2.26. The van der Waals surface area contributed by atoms with E-state index in [1.807, 2.05) is 30.3 Å². The lowest BCUT2D eigenvalue weighted by molar-refractivity contribution is 0.416. The molecule has 0 saturated carbocycles. The normalized spacial score (nSPS) is 11.1. The zero-order valence-electron chi connectivity index (χ0n) is 11.7. The number of primary sulfonamides is 1. The van der Waals surface area contributed by atoms with Crippen molar-refractivity contribution in [3.8, 4) is 5.75 Å². The molecule has 0 spiro atoms. The lowest BCUT2D eigenvalue weighted by Crippen LogP contribution is -2.13. The molecule has 0 fully saturated rings. The number of sulfonamides is 1. The molecule has 0 amide bonds. The molecule has 0 saturated heterocycles. The van der Waals surface area contributed by atoms with Crippen LogP contribution in [0.4, 0.5) is 5.69 Å². The van der Waals surface area contributed by atoms with Crippen LogP contribution in [0.1, 0.15) is 5.56 Å². The third kappa shape index (κ3) is 4.21. The molecule has 0 radical (unpaired) electrons. The van der Waals surface area contributed by atoms with Gasteiger partial charge < -0.3 is 10.1 Å². The van der Waals surface area contributed by atoms with E-state index in [0.717, 1.165) is 6.42 Å². The lowest BCUT2D eigenvalue weighted by Gasteiger charge is -2.12. The van der Waals surface area contributed by atoms with E-state index in [1.54, 1.807) is 6.07 Å². The van der Waals surface area contributed by atoms with Gasteiger partial charge in [0.2, 0.25) is 10.0 Å². The Morgan fingerprint density at radius 1 is 1.14 bits per heavy atom. The molecule has 0 atom stereocenters. The molecule has 2 aromatic carbocycles.